The van der Waals surface area contributed by atoms with Gasteiger partial charge < -0.3 is 10.2 Å². The topological polar surface area (TPSA) is 40.0 Å². The number of hydrogen-bond donors (Lipinski definition) is 1. The van der Waals surface area contributed by atoms with Gasteiger partial charge in [0, 0.05) is 33.6 Å². The number of hydrogen-bond acceptors (Lipinski definition) is 4. The molecule has 1 aliphatic heterocycles. The third-order valence-corrected chi connectivity index (χ3v) is 11.8. The summed E-state index contributed by atoms with van der Waals surface area (Å²) in [6.45, 7) is 4.69. The van der Waals surface area contributed by atoms with Gasteiger partial charge in [-0.1, -0.05) is 172 Å². The van der Waals surface area contributed by atoms with Gasteiger partial charge in [-0.3, -0.25) is 0 Å². The molecular weight excluding hydrogens is 705 g/mol. The molecule has 1 atom stereocenters. The van der Waals surface area contributed by atoms with E-state index in [2.05, 4.69) is 194 Å². The summed E-state index contributed by atoms with van der Waals surface area (Å²) >= 11 is 0. The number of benzene rings is 7. The third-order valence-electron chi connectivity index (χ3n) is 11.8. The molecule has 0 fully saturated rings. The summed E-state index contributed by atoms with van der Waals surface area (Å²) in [7, 11) is 0. The van der Waals surface area contributed by atoms with Crippen LogP contribution in [0.5, 0.6) is 0 Å². The van der Waals surface area contributed by atoms with Crippen LogP contribution in [0.25, 0.3) is 27.8 Å². The predicted octanol–water partition coefficient (Wildman–Crippen LogP) is 13.4. The second-order valence-electron chi connectivity index (χ2n) is 15.8. The Morgan fingerprint density at radius 3 is 1.81 bits per heavy atom. The summed E-state index contributed by atoms with van der Waals surface area (Å²) in [6, 6.07) is 63.1. The molecule has 0 spiro atoms. The number of amidine groups is 2. The van der Waals surface area contributed by atoms with Crippen LogP contribution in [0.3, 0.4) is 0 Å². The monoisotopic (exact) mass is 748 g/mol. The molecule has 4 nitrogen and oxygen atoms in total. The van der Waals surface area contributed by atoms with Crippen LogP contribution < -0.4 is 10.2 Å². The lowest BCUT2D eigenvalue weighted by molar-refractivity contribution is 0.660. The molecule has 3 aliphatic rings. The smallest absolute Gasteiger partial charge is 0.159 e. The molecule has 58 heavy (non-hydrogen) atoms. The van der Waals surface area contributed by atoms with Gasteiger partial charge in [-0.15, -0.1) is 0 Å². The fourth-order valence-corrected chi connectivity index (χ4v) is 8.65. The number of nitrogens with zero attached hydrogens (tertiary/aromatic N) is 3. The molecule has 2 aliphatic carbocycles. The zero-order valence-corrected chi connectivity index (χ0v) is 32.8. The van der Waals surface area contributed by atoms with Crippen molar-refractivity contribution < 1.29 is 0 Å². The Morgan fingerprint density at radius 1 is 0.534 bits per heavy atom. The number of fused-ring (bicyclic) bond motifs is 3. The largest absolute Gasteiger partial charge is 0.344 e. The highest BCUT2D eigenvalue weighted by Gasteiger charge is 2.35. The molecule has 1 unspecified atom stereocenters. The average molecular weight is 749 g/mol. The molecule has 280 valence electrons. The Kier molecular flexibility index (Phi) is 9.03. The number of allylic oxidation sites excluding steroid dienone is 4. The predicted molar refractivity (Wildman–Crippen MR) is 242 cm³/mol. The van der Waals surface area contributed by atoms with E-state index in [-0.39, 0.29) is 11.6 Å². The zero-order valence-electron chi connectivity index (χ0n) is 32.8. The van der Waals surface area contributed by atoms with E-state index in [0.29, 0.717) is 5.84 Å². The molecule has 7 aromatic carbocycles. The van der Waals surface area contributed by atoms with Gasteiger partial charge in [0.05, 0.1) is 0 Å². The van der Waals surface area contributed by atoms with E-state index in [0.717, 1.165) is 63.6 Å². The Balaban J connectivity index is 0.980. The molecule has 0 saturated heterocycles. The first kappa shape index (κ1) is 35.4. The minimum Gasteiger partial charge on any atom is -0.344 e. The van der Waals surface area contributed by atoms with Crippen molar-refractivity contribution in [2.45, 2.75) is 38.3 Å². The molecule has 0 saturated carbocycles. The van der Waals surface area contributed by atoms with E-state index in [1.165, 1.54) is 33.4 Å². The summed E-state index contributed by atoms with van der Waals surface area (Å²) in [4.78, 5) is 12.5. The first-order valence-corrected chi connectivity index (χ1v) is 20.3. The van der Waals surface area contributed by atoms with Crippen LogP contribution >= 0.6 is 0 Å². The second-order valence-corrected chi connectivity index (χ2v) is 15.8. The molecule has 1 heterocycles. The summed E-state index contributed by atoms with van der Waals surface area (Å²) in [6.07, 6.45) is 8.83. The lowest BCUT2D eigenvalue weighted by Crippen LogP contribution is -2.33. The third kappa shape index (κ3) is 6.57. The van der Waals surface area contributed by atoms with Crippen molar-refractivity contribution in [3.8, 4) is 22.3 Å². The Hall–Kier alpha value is -7.04. The van der Waals surface area contributed by atoms with Crippen molar-refractivity contribution in [2.75, 3.05) is 4.90 Å². The minimum absolute atomic E-state index is 0.0934. The maximum Gasteiger partial charge on any atom is 0.159 e. The van der Waals surface area contributed by atoms with Crippen molar-refractivity contribution in [3.05, 3.63) is 228 Å². The number of nitrogens with one attached hydrogen (secondary N) is 1. The normalized spacial score (nSPS) is 16.3. The fourth-order valence-electron chi connectivity index (χ4n) is 8.65. The highest BCUT2D eigenvalue weighted by molar-refractivity contribution is 6.13. The second kappa shape index (κ2) is 14.8. The van der Waals surface area contributed by atoms with Gasteiger partial charge in [0.25, 0.3) is 0 Å². The molecule has 0 amide bonds. The van der Waals surface area contributed by atoms with Crippen LogP contribution in [-0.2, 0) is 5.41 Å². The van der Waals surface area contributed by atoms with Gasteiger partial charge in [-0.25, -0.2) is 9.98 Å². The lowest BCUT2D eigenvalue weighted by Gasteiger charge is -2.28. The van der Waals surface area contributed by atoms with Gasteiger partial charge in [0.1, 0.15) is 12.0 Å². The van der Waals surface area contributed by atoms with Crippen LogP contribution in [0.1, 0.15) is 66.2 Å². The standard InChI is InChI=1S/C54H44N4/c1-54(2)49-21-13-12-20-47(49)48-35-34-46(36-50(48)54)58(44-30-26-39(27-31-44)37-14-6-3-7-15-37)45-32-28-40(29-33-45)38-22-24-43(25-23-38)53-56-51(41-16-8-4-9-17-41)55-52(57-53)42-18-10-5-11-19-42/h4-6,8-36,51H,3,7H2,1-2H3,(H,55,56,57). The lowest BCUT2D eigenvalue weighted by atomic mass is 9.82. The van der Waals surface area contributed by atoms with Crippen molar-refractivity contribution in [2.24, 2.45) is 9.98 Å². The van der Waals surface area contributed by atoms with Gasteiger partial charge in [0.15, 0.2) is 5.84 Å². The van der Waals surface area contributed by atoms with Crippen LogP contribution in [0.4, 0.5) is 17.1 Å². The average Bonchev–Trinajstić information content (AvgIpc) is 3.53. The summed E-state index contributed by atoms with van der Waals surface area (Å²) in [5.74, 6) is 1.53. The molecule has 0 radical (unpaired) electrons. The van der Waals surface area contributed by atoms with Crippen molar-refractivity contribution in [1.29, 1.82) is 0 Å². The van der Waals surface area contributed by atoms with Crippen LogP contribution in [-0.4, -0.2) is 11.7 Å². The van der Waals surface area contributed by atoms with Gasteiger partial charge in [0.2, 0.25) is 0 Å². The van der Waals surface area contributed by atoms with Crippen LogP contribution in [0, 0.1) is 0 Å². The summed E-state index contributed by atoms with van der Waals surface area (Å²) in [5.41, 5.74) is 16.6. The first-order valence-electron chi connectivity index (χ1n) is 20.3. The highest BCUT2D eigenvalue weighted by Crippen LogP contribution is 2.50. The van der Waals surface area contributed by atoms with Crippen LogP contribution in [0.2, 0.25) is 0 Å². The van der Waals surface area contributed by atoms with E-state index >= 15 is 0 Å². The Bertz CT molecular complexity index is 2740. The fraction of sp³-hybridized carbons (Fsp3) is 0.111. The molecule has 7 aromatic rings. The molecule has 4 heteroatoms. The summed E-state index contributed by atoms with van der Waals surface area (Å²) < 4.78 is 0. The maximum absolute atomic E-state index is 5.07. The van der Waals surface area contributed by atoms with Crippen molar-refractivity contribution in [1.82, 2.24) is 5.32 Å². The van der Waals surface area contributed by atoms with E-state index in [9.17, 15) is 0 Å². The number of aliphatic imine (C=N–C) groups is 2. The highest BCUT2D eigenvalue weighted by atomic mass is 15.2. The minimum atomic E-state index is -0.233. The quantitative estimate of drug-likeness (QED) is 0.168. The SMILES string of the molecule is CC1(C)c2ccccc2-c2ccc(N(c3ccc(C4=CCCC=C4)cc3)c3ccc(-c4ccc(C5=NC(c6ccccc6)NC(c6ccccc6)=N5)cc4)cc3)cc21. The number of anilines is 3. The van der Waals surface area contributed by atoms with Crippen LogP contribution in [0.15, 0.2) is 204 Å². The van der Waals surface area contributed by atoms with E-state index < -0.39 is 0 Å². The maximum atomic E-state index is 5.07. The Labute approximate surface area is 341 Å². The summed E-state index contributed by atoms with van der Waals surface area (Å²) in [5, 5.41) is 3.55. The van der Waals surface area contributed by atoms with Gasteiger partial charge in [-0.2, -0.15) is 0 Å². The van der Waals surface area contributed by atoms with Crippen molar-refractivity contribution >= 4 is 34.3 Å². The van der Waals surface area contributed by atoms with E-state index in [1.807, 2.05) is 24.3 Å². The number of rotatable bonds is 8. The molecular formula is C54H44N4. The zero-order chi connectivity index (χ0) is 39.1. The molecule has 10 rings (SSSR count). The van der Waals surface area contributed by atoms with E-state index in [1.54, 1.807) is 0 Å². The van der Waals surface area contributed by atoms with Crippen molar-refractivity contribution in [3.63, 3.8) is 0 Å². The van der Waals surface area contributed by atoms with E-state index in [4.69, 9.17) is 9.98 Å². The Morgan fingerprint density at radius 2 is 1.12 bits per heavy atom. The van der Waals surface area contributed by atoms with Gasteiger partial charge in [-0.05, 0) is 99.3 Å². The first-order chi connectivity index (χ1) is 28.5. The molecule has 0 aromatic heterocycles. The molecule has 0 bridgehead atoms. The molecule has 1 N–H and O–H groups in total. The van der Waals surface area contributed by atoms with Gasteiger partial charge >= 0.3 is 0 Å².